The summed E-state index contributed by atoms with van der Waals surface area (Å²) in [5.41, 5.74) is 3.25. The minimum Gasteiger partial charge on any atom is -0.496 e. The molecule has 0 unspecified atom stereocenters. The molecule has 0 saturated heterocycles. The van der Waals surface area contributed by atoms with Crippen LogP contribution in [0.2, 0.25) is 0 Å². The number of esters is 1. The number of hydrogen-bond acceptors (Lipinski definition) is 6. The number of rotatable bonds is 5. The van der Waals surface area contributed by atoms with E-state index in [0.29, 0.717) is 17.2 Å². The topological polar surface area (TPSA) is 74.5 Å². The van der Waals surface area contributed by atoms with Crippen LogP contribution in [-0.2, 0) is 4.74 Å². The number of nitrogens with zero attached hydrogens (tertiary/aromatic N) is 2. The second-order valence-electron chi connectivity index (χ2n) is 6.06. The van der Waals surface area contributed by atoms with E-state index in [4.69, 9.17) is 13.9 Å². The van der Waals surface area contributed by atoms with Gasteiger partial charge in [-0.05, 0) is 45.0 Å². The molecule has 6 heteroatoms. The third-order valence-corrected chi connectivity index (χ3v) is 3.95. The molecular formula is C20H20N2O4. The van der Waals surface area contributed by atoms with E-state index in [9.17, 15) is 4.79 Å². The fourth-order valence-electron chi connectivity index (χ4n) is 2.47. The lowest BCUT2D eigenvalue weighted by atomic mass is 10.1. The number of methoxy groups -OCH3 is 1. The highest BCUT2D eigenvalue weighted by Gasteiger charge is 2.22. The first-order chi connectivity index (χ1) is 12.5. The Morgan fingerprint density at radius 1 is 1.04 bits per heavy atom. The van der Waals surface area contributed by atoms with Crippen LogP contribution in [0.15, 0.2) is 46.9 Å². The Kier molecular flexibility index (Phi) is 5.02. The maximum Gasteiger partial charge on any atom is 0.342 e. The summed E-state index contributed by atoms with van der Waals surface area (Å²) in [4.78, 5) is 12.5. The van der Waals surface area contributed by atoms with Gasteiger partial charge in [0.2, 0.25) is 5.89 Å². The van der Waals surface area contributed by atoms with Gasteiger partial charge in [0.05, 0.1) is 7.11 Å². The molecule has 134 valence electrons. The monoisotopic (exact) mass is 352 g/mol. The Labute approximate surface area is 151 Å². The summed E-state index contributed by atoms with van der Waals surface area (Å²) in [6.45, 7) is 5.59. The number of aromatic nitrogens is 2. The van der Waals surface area contributed by atoms with E-state index in [0.717, 1.165) is 16.7 Å². The van der Waals surface area contributed by atoms with Gasteiger partial charge in [-0.25, -0.2) is 4.79 Å². The van der Waals surface area contributed by atoms with Crippen molar-refractivity contribution in [3.05, 3.63) is 65.0 Å². The number of ether oxygens (including phenoxy) is 2. The third-order valence-electron chi connectivity index (χ3n) is 3.95. The Morgan fingerprint density at radius 2 is 1.73 bits per heavy atom. The summed E-state index contributed by atoms with van der Waals surface area (Å²) in [7, 11) is 1.51. The summed E-state index contributed by atoms with van der Waals surface area (Å²) in [6.07, 6.45) is -0.681. The number of benzene rings is 2. The molecular weight excluding hydrogens is 332 g/mol. The smallest absolute Gasteiger partial charge is 0.342 e. The zero-order chi connectivity index (χ0) is 18.7. The molecule has 0 aliphatic carbocycles. The SMILES string of the molecule is COc1ccc(C)cc1C(=O)O[C@H](C)c1nnc(-c2ccc(C)cc2)o1. The van der Waals surface area contributed by atoms with E-state index in [1.807, 2.05) is 44.2 Å². The van der Waals surface area contributed by atoms with Crippen molar-refractivity contribution < 1.29 is 18.7 Å². The average Bonchev–Trinajstić information content (AvgIpc) is 3.12. The van der Waals surface area contributed by atoms with Gasteiger partial charge in [0.1, 0.15) is 11.3 Å². The summed E-state index contributed by atoms with van der Waals surface area (Å²) < 4.78 is 16.4. The molecule has 1 heterocycles. The minimum absolute atomic E-state index is 0.237. The molecule has 0 spiro atoms. The van der Waals surface area contributed by atoms with Crippen molar-refractivity contribution in [1.29, 1.82) is 0 Å². The van der Waals surface area contributed by atoms with Gasteiger partial charge in [-0.3, -0.25) is 0 Å². The maximum absolute atomic E-state index is 12.5. The first-order valence-corrected chi connectivity index (χ1v) is 8.24. The molecule has 0 N–H and O–H groups in total. The molecule has 6 nitrogen and oxygen atoms in total. The number of carbonyl (C=O) groups excluding carboxylic acids is 1. The second kappa shape index (κ2) is 7.39. The molecule has 0 bridgehead atoms. The van der Waals surface area contributed by atoms with Crippen LogP contribution in [0, 0.1) is 13.8 Å². The van der Waals surface area contributed by atoms with E-state index in [1.165, 1.54) is 7.11 Å². The van der Waals surface area contributed by atoms with Gasteiger partial charge in [0.15, 0.2) is 6.10 Å². The highest BCUT2D eigenvalue weighted by molar-refractivity contribution is 5.92. The van der Waals surface area contributed by atoms with Crippen molar-refractivity contribution in [2.45, 2.75) is 26.9 Å². The van der Waals surface area contributed by atoms with Gasteiger partial charge in [0, 0.05) is 5.56 Å². The highest BCUT2D eigenvalue weighted by atomic mass is 16.6. The van der Waals surface area contributed by atoms with Crippen molar-refractivity contribution in [3.8, 4) is 17.2 Å². The van der Waals surface area contributed by atoms with Crippen molar-refractivity contribution in [2.75, 3.05) is 7.11 Å². The van der Waals surface area contributed by atoms with E-state index in [-0.39, 0.29) is 5.89 Å². The molecule has 0 amide bonds. The van der Waals surface area contributed by atoms with Crippen LogP contribution in [0.1, 0.15) is 40.4 Å². The molecule has 0 radical (unpaired) electrons. The van der Waals surface area contributed by atoms with Gasteiger partial charge in [-0.1, -0.05) is 29.3 Å². The van der Waals surface area contributed by atoms with Crippen LogP contribution in [0.4, 0.5) is 0 Å². The largest absolute Gasteiger partial charge is 0.496 e. The van der Waals surface area contributed by atoms with E-state index in [2.05, 4.69) is 10.2 Å². The zero-order valence-electron chi connectivity index (χ0n) is 15.1. The lowest BCUT2D eigenvalue weighted by Gasteiger charge is -2.12. The Bertz CT molecular complexity index is 916. The zero-order valence-corrected chi connectivity index (χ0v) is 15.1. The van der Waals surface area contributed by atoms with Crippen molar-refractivity contribution >= 4 is 5.97 Å². The summed E-state index contributed by atoms with van der Waals surface area (Å²) in [5.74, 6) is 0.573. The van der Waals surface area contributed by atoms with E-state index < -0.39 is 12.1 Å². The van der Waals surface area contributed by atoms with Gasteiger partial charge in [0.25, 0.3) is 5.89 Å². The second-order valence-corrected chi connectivity index (χ2v) is 6.06. The Hall–Kier alpha value is -3.15. The predicted molar refractivity (Wildman–Crippen MR) is 96.0 cm³/mol. The van der Waals surface area contributed by atoms with Gasteiger partial charge in [-0.2, -0.15) is 0 Å². The Morgan fingerprint density at radius 3 is 2.42 bits per heavy atom. The van der Waals surface area contributed by atoms with Gasteiger partial charge >= 0.3 is 5.97 Å². The summed E-state index contributed by atoms with van der Waals surface area (Å²) >= 11 is 0. The van der Waals surface area contributed by atoms with Crippen LogP contribution < -0.4 is 4.74 Å². The van der Waals surface area contributed by atoms with Crippen LogP contribution >= 0.6 is 0 Å². The molecule has 26 heavy (non-hydrogen) atoms. The molecule has 1 atom stereocenters. The normalized spacial score (nSPS) is 11.8. The fourth-order valence-corrected chi connectivity index (χ4v) is 2.47. The molecule has 0 aliphatic heterocycles. The molecule has 0 saturated carbocycles. The maximum atomic E-state index is 12.5. The summed E-state index contributed by atoms with van der Waals surface area (Å²) in [5, 5.41) is 8.03. The van der Waals surface area contributed by atoms with Gasteiger partial charge < -0.3 is 13.9 Å². The Balaban J connectivity index is 1.76. The third kappa shape index (κ3) is 3.74. The quantitative estimate of drug-likeness (QED) is 0.638. The fraction of sp³-hybridized carbons (Fsp3) is 0.250. The van der Waals surface area contributed by atoms with Gasteiger partial charge in [-0.15, -0.1) is 10.2 Å². The van der Waals surface area contributed by atoms with Crippen molar-refractivity contribution in [1.82, 2.24) is 10.2 Å². The number of carbonyl (C=O) groups is 1. The molecule has 2 aromatic carbocycles. The summed E-state index contributed by atoms with van der Waals surface area (Å²) in [6, 6.07) is 13.1. The minimum atomic E-state index is -0.681. The molecule has 0 fully saturated rings. The molecule has 3 aromatic rings. The van der Waals surface area contributed by atoms with Crippen molar-refractivity contribution in [2.24, 2.45) is 0 Å². The van der Waals surface area contributed by atoms with Crippen LogP contribution in [0.3, 0.4) is 0 Å². The molecule has 1 aromatic heterocycles. The number of hydrogen-bond donors (Lipinski definition) is 0. The van der Waals surface area contributed by atoms with Crippen LogP contribution in [0.5, 0.6) is 5.75 Å². The van der Waals surface area contributed by atoms with Crippen LogP contribution in [0.25, 0.3) is 11.5 Å². The highest BCUT2D eigenvalue weighted by Crippen LogP contribution is 2.26. The lowest BCUT2D eigenvalue weighted by molar-refractivity contribution is 0.0276. The number of aryl methyl sites for hydroxylation is 2. The predicted octanol–water partition coefficient (Wildman–Crippen LogP) is 4.28. The average molecular weight is 352 g/mol. The van der Waals surface area contributed by atoms with E-state index in [1.54, 1.807) is 19.1 Å². The van der Waals surface area contributed by atoms with E-state index >= 15 is 0 Å². The first kappa shape index (κ1) is 17.7. The lowest BCUT2D eigenvalue weighted by Crippen LogP contribution is -2.11. The van der Waals surface area contributed by atoms with Crippen molar-refractivity contribution in [3.63, 3.8) is 0 Å². The van der Waals surface area contributed by atoms with Crippen LogP contribution in [-0.4, -0.2) is 23.3 Å². The first-order valence-electron chi connectivity index (χ1n) is 8.24. The standard InChI is InChI=1S/C20H20N2O4/c1-12-5-8-15(9-6-12)19-22-21-18(26-19)14(3)25-20(23)16-11-13(2)7-10-17(16)24-4/h5-11,14H,1-4H3/t14-/m1/s1. The molecule has 3 rings (SSSR count). The molecule has 0 aliphatic rings.